The molecule has 1 aromatic rings. The molecule has 0 aromatic carbocycles. The van der Waals surface area contributed by atoms with E-state index < -0.39 is 0 Å². The zero-order valence-electron chi connectivity index (χ0n) is 9.06. The number of nitrogens with zero attached hydrogens (tertiary/aromatic N) is 3. The van der Waals surface area contributed by atoms with Crippen molar-refractivity contribution < 1.29 is 9.47 Å². The van der Waals surface area contributed by atoms with E-state index in [9.17, 15) is 0 Å². The number of ether oxygens (including phenoxy) is 2. The first kappa shape index (κ1) is 11.9. The van der Waals surface area contributed by atoms with Gasteiger partial charge in [-0.25, -0.2) is 4.68 Å². The van der Waals surface area contributed by atoms with Crippen LogP contribution >= 0.6 is 0 Å². The van der Waals surface area contributed by atoms with E-state index in [1.54, 1.807) is 11.8 Å². The second kappa shape index (κ2) is 7.14. The Hall–Kier alpha value is -1.20. The number of hydrogen-bond donors (Lipinski definition) is 0. The molecule has 0 atom stereocenters. The molecule has 5 heteroatoms. The summed E-state index contributed by atoms with van der Waals surface area (Å²) in [6.07, 6.45) is 4.47. The van der Waals surface area contributed by atoms with Crippen molar-refractivity contribution in [3.8, 4) is 0 Å². The van der Waals surface area contributed by atoms with Gasteiger partial charge in [0.05, 0.1) is 32.1 Å². The molecule has 1 aromatic heterocycles. The summed E-state index contributed by atoms with van der Waals surface area (Å²) < 4.78 is 11.9. The highest BCUT2D eigenvalue weighted by Gasteiger charge is 1.98. The van der Waals surface area contributed by atoms with E-state index >= 15 is 0 Å². The number of hydrogen-bond acceptors (Lipinski definition) is 4. The fourth-order valence-electron chi connectivity index (χ4n) is 1.09. The van der Waals surface area contributed by atoms with E-state index in [2.05, 4.69) is 16.9 Å². The lowest BCUT2D eigenvalue weighted by Crippen LogP contribution is -2.09. The van der Waals surface area contributed by atoms with Gasteiger partial charge in [-0.3, -0.25) is 0 Å². The van der Waals surface area contributed by atoms with Gasteiger partial charge in [0, 0.05) is 19.7 Å². The molecular formula is C10H17N3O2. The molecule has 0 saturated heterocycles. The number of methoxy groups -OCH3 is 1. The Balaban J connectivity index is 2.16. The van der Waals surface area contributed by atoms with Crippen molar-refractivity contribution in [2.75, 3.05) is 26.9 Å². The minimum atomic E-state index is 0.616. The third kappa shape index (κ3) is 4.71. The van der Waals surface area contributed by atoms with Crippen LogP contribution in [0.3, 0.4) is 0 Å². The molecule has 0 N–H and O–H groups in total. The summed E-state index contributed by atoms with van der Waals surface area (Å²) in [4.78, 5) is 0. The number of allylic oxidation sites excluding steroid dienone is 1. The maximum atomic E-state index is 5.31. The van der Waals surface area contributed by atoms with Gasteiger partial charge in [0.1, 0.15) is 0 Å². The lowest BCUT2D eigenvalue weighted by molar-refractivity contribution is 0.0652. The molecule has 84 valence electrons. The highest BCUT2D eigenvalue weighted by molar-refractivity contribution is 4.97. The maximum Gasteiger partial charge on any atom is 0.0864 e. The summed E-state index contributed by atoms with van der Waals surface area (Å²) >= 11 is 0. The maximum absolute atomic E-state index is 5.31. The number of aromatic nitrogens is 3. The van der Waals surface area contributed by atoms with Crippen LogP contribution in [0.1, 0.15) is 5.69 Å². The van der Waals surface area contributed by atoms with Crippen molar-refractivity contribution in [1.82, 2.24) is 15.0 Å². The second-order valence-corrected chi connectivity index (χ2v) is 3.07. The van der Waals surface area contributed by atoms with E-state index in [4.69, 9.17) is 9.47 Å². The Morgan fingerprint density at radius 1 is 1.47 bits per heavy atom. The predicted octanol–water partition coefficient (Wildman–Crippen LogP) is 0.670. The highest BCUT2D eigenvalue weighted by atomic mass is 16.5. The molecule has 0 saturated carbocycles. The van der Waals surface area contributed by atoms with Crippen LogP contribution in [-0.2, 0) is 22.4 Å². The topological polar surface area (TPSA) is 49.2 Å². The molecule has 0 radical (unpaired) electrons. The molecule has 0 bridgehead atoms. The molecule has 15 heavy (non-hydrogen) atoms. The molecule has 5 nitrogen and oxygen atoms in total. The second-order valence-electron chi connectivity index (χ2n) is 3.07. The quantitative estimate of drug-likeness (QED) is 0.468. The Morgan fingerprint density at radius 3 is 3.07 bits per heavy atom. The monoisotopic (exact) mass is 211 g/mol. The summed E-state index contributed by atoms with van der Waals surface area (Å²) in [6.45, 7) is 6.23. The molecule has 1 heterocycles. The zero-order valence-corrected chi connectivity index (χ0v) is 9.06. The van der Waals surface area contributed by atoms with Gasteiger partial charge in [-0.2, -0.15) is 0 Å². The van der Waals surface area contributed by atoms with Crippen LogP contribution in [-0.4, -0.2) is 41.9 Å². The minimum Gasteiger partial charge on any atom is -0.382 e. The van der Waals surface area contributed by atoms with Gasteiger partial charge in [-0.05, 0) is 0 Å². The lowest BCUT2D eigenvalue weighted by Gasteiger charge is -2.02. The lowest BCUT2D eigenvalue weighted by atomic mass is 10.3. The van der Waals surface area contributed by atoms with E-state index in [-0.39, 0.29) is 0 Å². The molecule has 0 amide bonds. The largest absolute Gasteiger partial charge is 0.382 e. The third-order valence-electron chi connectivity index (χ3n) is 1.84. The molecule has 1 rings (SSSR count). The summed E-state index contributed by atoms with van der Waals surface area (Å²) in [6, 6.07) is 0. The molecule has 0 unspecified atom stereocenters. The van der Waals surface area contributed by atoms with E-state index in [1.807, 2.05) is 12.3 Å². The van der Waals surface area contributed by atoms with Crippen LogP contribution < -0.4 is 0 Å². The fourth-order valence-corrected chi connectivity index (χ4v) is 1.09. The Kier molecular flexibility index (Phi) is 5.65. The molecule has 0 fully saturated rings. The molecule has 0 aliphatic rings. The first-order valence-electron chi connectivity index (χ1n) is 4.93. The standard InChI is InChI=1S/C10H17N3O2/c1-3-4-10-9-13(12-11-10)5-6-15-8-7-14-2/h3,9H,1,4-8H2,2H3. The van der Waals surface area contributed by atoms with Crippen molar-refractivity contribution in [2.24, 2.45) is 0 Å². The third-order valence-corrected chi connectivity index (χ3v) is 1.84. The van der Waals surface area contributed by atoms with Crippen molar-refractivity contribution in [3.05, 3.63) is 24.5 Å². The van der Waals surface area contributed by atoms with Crippen LogP contribution in [0.2, 0.25) is 0 Å². The summed E-state index contributed by atoms with van der Waals surface area (Å²) in [5, 5.41) is 7.94. The van der Waals surface area contributed by atoms with E-state index in [0.29, 0.717) is 26.4 Å². The average molecular weight is 211 g/mol. The van der Waals surface area contributed by atoms with E-state index in [0.717, 1.165) is 12.1 Å². The summed E-state index contributed by atoms with van der Waals surface area (Å²) in [7, 11) is 1.66. The van der Waals surface area contributed by atoms with Crippen LogP contribution in [0, 0.1) is 0 Å². The van der Waals surface area contributed by atoms with Gasteiger partial charge in [0.2, 0.25) is 0 Å². The molecule has 0 aliphatic heterocycles. The molecule has 0 aliphatic carbocycles. The highest BCUT2D eigenvalue weighted by Crippen LogP contribution is 1.94. The smallest absolute Gasteiger partial charge is 0.0864 e. The molecular weight excluding hydrogens is 194 g/mol. The van der Waals surface area contributed by atoms with Crippen LogP contribution in [0.4, 0.5) is 0 Å². The van der Waals surface area contributed by atoms with Crippen LogP contribution in [0.15, 0.2) is 18.9 Å². The van der Waals surface area contributed by atoms with Crippen molar-refractivity contribution in [1.29, 1.82) is 0 Å². The van der Waals surface area contributed by atoms with Crippen LogP contribution in [0.25, 0.3) is 0 Å². The van der Waals surface area contributed by atoms with Gasteiger partial charge < -0.3 is 9.47 Å². The Morgan fingerprint density at radius 2 is 2.33 bits per heavy atom. The van der Waals surface area contributed by atoms with Crippen molar-refractivity contribution >= 4 is 0 Å². The summed E-state index contributed by atoms with van der Waals surface area (Å²) in [5.41, 5.74) is 0.932. The van der Waals surface area contributed by atoms with E-state index in [1.165, 1.54) is 0 Å². The normalized spacial score (nSPS) is 10.5. The van der Waals surface area contributed by atoms with Crippen molar-refractivity contribution in [3.63, 3.8) is 0 Å². The summed E-state index contributed by atoms with van der Waals surface area (Å²) in [5.74, 6) is 0. The van der Waals surface area contributed by atoms with Gasteiger partial charge in [-0.15, -0.1) is 11.7 Å². The van der Waals surface area contributed by atoms with Crippen LogP contribution in [0.5, 0.6) is 0 Å². The molecule has 0 spiro atoms. The fraction of sp³-hybridized carbons (Fsp3) is 0.600. The predicted molar refractivity (Wildman–Crippen MR) is 56.6 cm³/mol. The first-order valence-corrected chi connectivity index (χ1v) is 4.93. The Labute approximate surface area is 89.7 Å². The minimum absolute atomic E-state index is 0.616. The van der Waals surface area contributed by atoms with Gasteiger partial charge in [0.15, 0.2) is 0 Å². The van der Waals surface area contributed by atoms with Gasteiger partial charge in [0.25, 0.3) is 0 Å². The SMILES string of the molecule is C=CCc1cn(CCOCCOC)nn1. The zero-order chi connectivity index (χ0) is 10.9. The number of rotatable bonds is 8. The van der Waals surface area contributed by atoms with Gasteiger partial charge in [-0.1, -0.05) is 11.3 Å². The Bertz CT molecular complexity index is 286. The van der Waals surface area contributed by atoms with Gasteiger partial charge >= 0.3 is 0 Å². The first-order chi connectivity index (χ1) is 7.36. The van der Waals surface area contributed by atoms with Crippen molar-refractivity contribution in [2.45, 2.75) is 13.0 Å². The average Bonchev–Trinajstić information content (AvgIpc) is 2.66.